The van der Waals surface area contributed by atoms with Gasteiger partial charge in [-0.1, -0.05) is 12.5 Å². The van der Waals surface area contributed by atoms with Gasteiger partial charge in [0.25, 0.3) is 5.91 Å². The Hall–Kier alpha value is -1.49. The average Bonchev–Trinajstić information content (AvgIpc) is 2.54. The number of carbonyl (C=O) groups is 1. The molecule has 0 aromatic heterocycles. The van der Waals surface area contributed by atoms with Crippen molar-refractivity contribution < 1.29 is 21.6 Å². The minimum Gasteiger partial charge on any atom is -0.351 e. The molecule has 3 N–H and O–H groups in total. The maximum atomic E-state index is 12.7. The van der Waals surface area contributed by atoms with Gasteiger partial charge in [0, 0.05) is 25.2 Å². The van der Waals surface area contributed by atoms with Gasteiger partial charge in [-0.05, 0) is 37.5 Å². The predicted octanol–water partition coefficient (Wildman–Crippen LogP) is 0.188. The largest absolute Gasteiger partial charge is 0.351 e. The second-order valence-corrected chi connectivity index (χ2v) is 9.74. The molecule has 25 heavy (non-hydrogen) atoms. The number of nitrogens with zero attached hydrogens (tertiary/aromatic N) is 1. The number of hydrogen-bond donors (Lipinski definition) is 2. The highest BCUT2D eigenvalue weighted by Crippen LogP contribution is 2.22. The zero-order valence-electron chi connectivity index (χ0n) is 14.1. The van der Waals surface area contributed by atoms with Crippen molar-refractivity contribution in [3.05, 3.63) is 29.3 Å². The first kappa shape index (κ1) is 19.8. The van der Waals surface area contributed by atoms with Gasteiger partial charge in [0.05, 0.1) is 10.6 Å². The maximum absolute atomic E-state index is 12.7. The Morgan fingerprint density at radius 1 is 1.16 bits per heavy atom. The van der Waals surface area contributed by atoms with Crippen LogP contribution in [0.2, 0.25) is 0 Å². The molecule has 1 heterocycles. The number of hydrogen-bond acceptors (Lipinski definition) is 5. The quantitative estimate of drug-likeness (QED) is 0.718. The van der Waals surface area contributed by atoms with Crippen LogP contribution in [0.25, 0.3) is 0 Å². The fourth-order valence-corrected chi connectivity index (χ4v) is 4.59. The van der Waals surface area contributed by atoms with Gasteiger partial charge in [0.1, 0.15) is 0 Å². The summed E-state index contributed by atoms with van der Waals surface area (Å²) in [7, 11) is -7.32. The van der Waals surface area contributed by atoms with Gasteiger partial charge in [0.2, 0.25) is 20.0 Å². The number of benzene rings is 1. The van der Waals surface area contributed by atoms with Crippen LogP contribution in [-0.2, 0) is 20.0 Å². The van der Waals surface area contributed by atoms with E-state index >= 15 is 0 Å². The van der Waals surface area contributed by atoms with Gasteiger partial charge in [-0.3, -0.25) is 4.79 Å². The molecule has 0 radical (unpaired) electrons. The molecular weight excluding hydrogens is 366 g/mol. The van der Waals surface area contributed by atoms with E-state index < -0.39 is 26.0 Å². The van der Waals surface area contributed by atoms with Gasteiger partial charge < -0.3 is 5.32 Å². The van der Waals surface area contributed by atoms with Crippen LogP contribution in [0.4, 0.5) is 0 Å². The molecule has 1 saturated heterocycles. The van der Waals surface area contributed by atoms with Crippen LogP contribution >= 0.6 is 0 Å². The summed E-state index contributed by atoms with van der Waals surface area (Å²) in [4.78, 5) is 12.3. The first-order valence-corrected chi connectivity index (χ1v) is 11.2. The Morgan fingerprint density at radius 3 is 2.40 bits per heavy atom. The third kappa shape index (κ3) is 5.24. The highest BCUT2D eigenvalue weighted by atomic mass is 32.2. The third-order valence-corrected chi connectivity index (χ3v) is 6.75. The van der Waals surface area contributed by atoms with Crippen LogP contribution in [0.3, 0.4) is 0 Å². The average molecular weight is 389 g/mol. The van der Waals surface area contributed by atoms with E-state index in [1.807, 2.05) is 0 Å². The van der Waals surface area contributed by atoms with Crippen molar-refractivity contribution in [3.63, 3.8) is 0 Å². The third-order valence-electron chi connectivity index (χ3n) is 4.08. The molecule has 0 atom stereocenters. The van der Waals surface area contributed by atoms with E-state index in [2.05, 4.69) is 5.32 Å². The fourth-order valence-electron chi connectivity index (χ4n) is 2.66. The first-order valence-electron chi connectivity index (χ1n) is 8.01. The van der Waals surface area contributed by atoms with E-state index in [-0.39, 0.29) is 22.8 Å². The SMILES string of the molecule is Cc1ccc(S(=O)(=O)N2CCCCC2)cc1C(=O)NCCS(N)(=O)=O. The highest BCUT2D eigenvalue weighted by molar-refractivity contribution is 7.89. The summed E-state index contributed by atoms with van der Waals surface area (Å²) in [6.07, 6.45) is 2.66. The normalized spacial score (nSPS) is 16.6. The molecule has 1 aromatic rings. The molecule has 2 rings (SSSR count). The van der Waals surface area contributed by atoms with Crippen molar-refractivity contribution in [2.45, 2.75) is 31.1 Å². The van der Waals surface area contributed by atoms with Crippen LogP contribution in [-0.4, -0.2) is 52.4 Å². The zero-order valence-corrected chi connectivity index (χ0v) is 15.7. The molecule has 0 aliphatic carbocycles. The van der Waals surface area contributed by atoms with Crippen molar-refractivity contribution in [1.29, 1.82) is 0 Å². The van der Waals surface area contributed by atoms with Crippen molar-refractivity contribution in [2.24, 2.45) is 5.14 Å². The van der Waals surface area contributed by atoms with Crippen LogP contribution < -0.4 is 10.5 Å². The summed E-state index contributed by atoms with van der Waals surface area (Å²) in [5.74, 6) is -0.916. The van der Waals surface area contributed by atoms with Crippen molar-refractivity contribution in [1.82, 2.24) is 9.62 Å². The first-order chi connectivity index (χ1) is 11.6. The van der Waals surface area contributed by atoms with E-state index in [1.165, 1.54) is 16.4 Å². The number of amides is 1. The van der Waals surface area contributed by atoms with Gasteiger partial charge in [-0.2, -0.15) is 4.31 Å². The van der Waals surface area contributed by atoms with Gasteiger partial charge in [-0.15, -0.1) is 0 Å². The summed E-state index contributed by atoms with van der Waals surface area (Å²) in [6.45, 7) is 2.50. The molecule has 0 spiro atoms. The monoisotopic (exact) mass is 389 g/mol. The molecule has 0 bridgehead atoms. The Bertz CT molecular complexity index is 844. The van der Waals surface area contributed by atoms with Gasteiger partial charge >= 0.3 is 0 Å². The summed E-state index contributed by atoms with van der Waals surface area (Å²) in [5, 5.41) is 7.34. The molecule has 0 saturated carbocycles. The lowest BCUT2D eigenvalue weighted by Gasteiger charge is -2.26. The van der Waals surface area contributed by atoms with E-state index in [0.29, 0.717) is 18.7 Å². The number of sulfonamides is 2. The Morgan fingerprint density at radius 2 is 1.80 bits per heavy atom. The van der Waals surface area contributed by atoms with E-state index in [9.17, 15) is 21.6 Å². The van der Waals surface area contributed by atoms with Crippen molar-refractivity contribution in [3.8, 4) is 0 Å². The minimum absolute atomic E-state index is 0.0663. The topological polar surface area (TPSA) is 127 Å². The van der Waals surface area contributed by atoms with Crippen LogP contribution in [0.15, 0.2) is 23.1 Å². The van der Waals surface area contributed by atoms with E-state index in [4.69, 9.17) is 5.14 Å². The molecule has 8 nitrogen and oxygen atoms in total. The molecule has 0 unspecified atom stereocenters. The molecule has 140 valence electrons. The fraction of sp³-hybridized carbons (Fsp3) is 0.533. The number of nitrogens with one attached hydrogen (secondary N) is 1. The molecule has 1 aliphatic rings. The molecule has 1 amide bonds. The standard InChI is InChI=1S/C15H23N3O5S2/c1-12-5-6-13(25(22,23)18-8-3-2-4-9-18)11-14(12)15(19)17-7-10-24(16,20)21/h5-6,11H,2-4,7-10H2,1H3,(H,17,19)(H2,16,20,21). The second-order valence-electron chi connectivity index (χ2n) is 6.06. The molecule has 1 aliphatic heterocycles. The Kier molecular flexibility index (Phi) is 6.20. The number of rotatable bonds is 6. The number of piperidine rings is 1. The number of carbonyl (C=O) groups excluding carboxylic acids is 1. The maximum Gasteiger partial charge on any atom is 0.251 e. The smallest absolute Gasteiger partial charge is 0.251 e. The number of primary sulfonamides is 1. The van der Waals surface area contributed by atoms with Crippen LogP contribution in [0.5, 0.6) is 0 Å². The van der Waals surface area contributed by atoms with Crippen molar-refractivity contribution in [2.75, 3.05) is 25.4 Å². The zero-order chi connectivity index (χ0) is 18.7. The van der Waals surface area contributed by atoms with Crippen LogP contribution in [0, 0.1) is 6.92 Å². The Labute approximate surface area is 148 Å². The lowest BCUT2D eigenvalue weighted by atomic mass is 10.1. The molecular formula is C15H23N3O5S2. The summed E-state index contributed by atoms with van der Waals surface area (Å²) in [5.41, 5.74) is 0.804. The lowest BCUT2D eigenvalue weighted by Crippen LogP contribution is -2.36. The summed E-state index contributed by atoms with van der Waals surface area (Å²) < 4.78 is 48.7. The van der Waals surface area contributed by atoms with E-state index in [1.54, 1.807) is 13.0 Å². The molecule has 1 fully saturated rings. The number of nitrogens with two attached hydrogens (primary N) is 1. The van der Waals surface area contributed by atoms with Crippen LogP contribution in [0.1, 0.15) is 35.2 Å². The van der Waals surface area contributed by atoms with Gasteiger partial charge in [0.15, 0.2) is 0 Å². The minimum atomic E-state index is -3.68. The summed E-state index contributed by atoms with van der Waals surface area (Å²) >= 11 is 0. The summed E-state index contributed by atoms with van der Waals surface area (Å²) in [6, 6.07) is 4.40. The van der Waals surface area contributed by atoms with Crippen molar-refractivity contribution >= 4 is 26.0 Å². The number of aryl methyl sites for hydroxylation is 1. The second kappa shape index (κ2) is 7.81. The highest BCUT2D eigenvalue weighted by Gasteiger charge is 2.27. The van der Waals surface area contributed by atoms with E-state index in [0.717, 1.165) is 19.3 Å². The Balaban J connectivity index is 2.20. The molecule has 1 aromatic carbocycles. The van der Waals surface area contributed by atoms with Gasteiger partial charge in [-0.25, -0.2) is 22.0 Å². The predicted molar refractivity (Wildman–Crippen MR) is 94.1 cm³/mol. The molecule has 10 heteroatoms. The lowest BCUT2D eigenvalue weighted by molar-refractivity contribution is 0.0955.